The second kappa shape index (κ2) is 6.86. The lowest BCUT2D eigenvalue weighted by Gasteiger charge is -2.09. The quantitative estimate of drug-likeness (QED) is 0.549. The van der Waals surface area contributed by atoms with E-state index >= 15 is 0 Å². The smallest absolute Gasteiger partial charge is 0.221 e. The third-order valence-corrected chi connectivity index (χ3v) is 1.78. The van der Waals surface area contributed by atoms with Crippen LogP contribution in [0, 0.1) is 0 Å². The molecule has 0 saturated heterocycles. The highest BCUT2D eigenvalue weighted by molar-refractivity contribution is 5.76. The first-order valence-corrected chi connectivity index (χ1v) is 4.76. The number of hydrogen-bond donors (Lipinski definition) is 3. The van der Waals surface area contributed by atoms with Gasteiger partial charge in [-0.2, -0.15) is 0 Å². The molecule has 2 unspecified atom stereocenters. The topological polar surface area (TPSA) is 75.3 Å². The number of nitrogens with one attached hydrogen (secondary N) is 1. The van der Waals surface area contributed by atoms with Crippen molar-refractivity contribution in [2.75, 3.05) is 6.54 Å². The number of carbonyl (C=O) groups is 1. The van der Waals surface area contributed by atoms with E-state index in [4.69, 9.17) is 5.73 Å². The molecule has 0 aliphatic heterocycles. The molecule has 0 aromatic heterocycles. The minimum Gasteiger partial charge on any atom is -0.393 e. The average molecular weight is 188 g/mol. The number of hydrogen-bond acceptors (Lipinski definition) is 3. The highest BCUT2D eigenvalue weighted by Gasteiger charge is 2.05. The molecule has 0 radical (unpaired) electrons. The van der Waals surface area contributed by atoms with E-state index < -0.39 is 0 Å². The van der Waals surface area contributed by atoms with Gasteiger partial charge in [0.15, 0.2) is 0 Å². The van der Waals surface area contributed by atoms with Crippen molar-refractivity contribution in [3.8, 4) is 0 Å². The van der Waals surface area contributed by atoms with Crippen LogP contribution >= 0.6 is 0 Å². The minimum atomic E-state index is -0.310. The van der Waals surface area contributed by atoms with Gasteiger partial charge < -0.3 is 16.2 Å². The van der Waals surface area contributed by atoms with Crippen LogP contribution in [0.2, 0.25) is 0 Å². The lowest BCUT2D eigenvalue weighted by atomic mass is 10.2. The standard InChI is InChI=1S/C9H20N2O2/c1-3-8(12)4-5-11-9(13)6-7(2)10/h7-8,12H,3-6,10H2,1-2H3,(H,11,13). The van der Waals surface area contributed by atoms with E-state index in [2.05, 4.69) is 5.32 Å². The Balaban J connectivity index is 3.37. The van der Waals surface area contributed by atoms with Gasteiger partial charge >= 0.3 is 0 Å². The van der Waals surface area contributed by atoms with Crippen LogP contribution in [0.4, 0.5) is 0 Å². The van der Waals surface area contributed by atoms with Gasteiger partial charge in [-0.05, 0) is 19.8 Å². The maximum atomic E-state index is 11.1. The van der Waals surface area contributed by atoms with Crippen molar-refractivity contribution in [1.82, 2.24) is 5.32 Å². The first-order chi connectivity index (χ1) is 6.06. The maximum absolute atomic E-state index is 11.1. The van der Waals surface area contributed by atoms with Crippen molar-refractivity contribution in [1.29, 1.82) is 0 Å². The predicted octanol–water partition coefficient (Wildman–Crippen LogP) is 0.000900. The fraction of sp³-hybridized carbons (Fsp3) is 0.889. The van der Waals surface area contributed by atoms with Gasteiger partial charge in [0.05, 0.1) is 6.10 Å². The maximum Gasteiger partial charge on any atom is 0.221 e. The molecular weight excluding hydrogens is 168 g/mol. The molecule has 0 aromatic rings. The second-order valence-electron chi connectivity index (χ2n) is 3.38. The van der Waals surface area contributed by atoms with E-state index in [-0.39, 0.29) is 18.1 Å². The van der Waals surface area contributed by atoms with E-state index in [1.54, 1.807) is 6.92 Å². The third-order valence-electron chi connectivity index (χ3n) is 1.78. The predicted molar refractivity (Wildman–Crippen MR) is 52.2 cm³/mol. The molecule has 0 aliphatic rings. The number of carbonyl (C=O) groups excluding carboxylic acids is 1. The van der Waals surface area contributed by atoms with Crippen molar-refractivity contribution in [2.24, 2.45) is 5.73 Å². The Hall–Kier alpha value is -0.610. The minimum absolute atomic E-state index is 0.0432. The van der Waals surface area contributed by atoms with E-state index in [0.717, 1.165) is 6.42 Å². The molecular formula is C9H20N2O2. The number of amides is 1. The van der Waals surface area contributed by atoms with Crippen LogP contribution in [0.25, 0.3) is 0 Å². The summed E-state index contributed by atoms with van der Waals surface area (Å²) < 4.78 is 0. The molecule has 0 aliphatic carbocycles. The van der Waals surface area contributed by atoms with Gasteiger partial charge in [-0.1, -0.05) is 6.92 Å². The first-order valence-electron chi connectivity index (χ1n) is 4.76. The van der Waals surface area contributed by atoms with Gasteiger partial charge in [-0.15, -0.1) is 0 Å². The molecule has 0 heterocycles. The molecule has 0 spiro atoms. The zero-order valence-electron chi connectivity index (χ0n) is 8.42. The second-order valence-corrected chi connectivity index (χ2v) is 3.38. The molecule has 4 heteroatoms. The number of aliphatic hydroxyl groups is 1. The van der Waals surface area contributed by atoms with E-state index in [0.29, 0.717) is 19.4 Å². The summed E-state index contributed by atoms with van der Waals surface area (Å²) in [5, 5.41) is 11.9. The Bertz CT molecular complexity index is 149. The normalized spacial score (nSPS) is 15.1. The summed E-state index contributed by atoms with van der Waals surface area (Å²) in [5.74, 6) is -0.0432. The molecule has 0 fully saturated rings. The van der Waals surface area contributed by atoms with E-state index in [1.165, 1.54) is 0 Å². The number of rotatable bonds is 6. The molecule has 78 valence electrons. The molecule has 4 nitrogen and oxygen atoms in total. The van der Waals surface area contributed by atoms with E-state index in [1.807, 2.05) is 6.92 Å². The zero-order valence-corrected chi connectivity index (χ0v) is 8.42. The summed E-state index contributed by atoms with van der Waals surface area (Å²) in [4.78, 5) is 11.1. The van der Waals surface area contributed by atoms with Gasteiger partial charge in [-0.3, -0.25) is 4.79 Å². The third kappa shape index (κ3) is 7.74. The summed E-state index contributed by atoms with van der Waals surface area (Å²) in [6.07, 6.45) is 1.38. The molecule has 4 N–H and O–H groups in total. The molecule has 0 saturated carbocycles. The molecule has 0 bridgehead atoms. The van der Waals surface area contributed by atoms with Gasteiger partial charge in [0, 0.05) is 19.0 Å². The first kappa shape index (κ1) is 12.4. The van der Waals surface area contributed by atoms with Crippen molar-refractivity contribution < 1.29 is 9.90 Å². The van der Waals surface area contributed by atoms with Crippen LogP contribution in [-0.4, -0.2) is 29.7 Å². The molecule has 0 aromatic carbocycles. The Labute approximate surface area is 79.5 Å². The zero-order chi connectivity index (χ0) is 10.3. The van der Waals surface area contributed by atoms with Gasteiger partial charge in [-0.25, -0.2) is 0 Å². The monoisotopic (exact) mass is 188 g/mol. The van der Waals surface area contributed by atoms with Crippen LogP contribution in [0.15, 0.2) is 0 Å². The lowest BCUT2D eigenvalue weighted by Crippen LogP contribution is -2.31. The van der Waals surface area contributed by atoms with Gasteiger partial charge in [0.2, 0.25) is 5.91 Å². The summed E-state index contributed by atoms with van der Waals surface area (Å²) >= 11 is 0. The molecule has 13 heavy (non-hydrogen) atoms. The highest BCUT2D eigenvalue weighted by Crippen LogP contribution is 1.94. The Morgan fingerprint density at radius 1 is 1.62 bits per heavy atom. The molecule has 1 amide bonds. The van der Waals surface area contributed by atoms with Crippen LogP contribution in [0.5, 0.6) is 0 Å². The Morgan fingerprint density at radius 2 is 2.23 bits per heavy atom. The van der Waals surface area contributed by atoms with Crippen molar-refractivity contribution in [3.63, 3.8) is 0 Å². The Kier molecular flexibility index (Phi) is 6.54. The largest absolute Gasteiger partial charge is 0.393 e. The molecule has 0 rings (SSSR count). The fourth-order valence-corrected chi connectivity index (χ4v) is 0.947. The van der Waals surface area contributed by atoms with Crippen molar-refractivity contribution in [2.45, 2.75) is 45.3 Å². The Morgan fingerprint density at radius 3 is 2.69 bits per heavy atom. The summed E-state index contributed by atoms with van der Waals surface area (Å²) in [6.45, 7) is 4.23. The van der Waals surface area contributed by atoms with Gasteiger partial charge in [0.25, 0.3) is 0 Å². The van der Waals surface area contributed by atoms with Gasteiger partial charge in [0.1, 0.15) is 0 Å². The highest BCUT2D eigenvalue weighted by atomic mass is 16.3. The van der Waals surface area contributed by atoms with Crippen molar-refractivity contribution >= 4 is 5.91 Å². The summed E-state index contributed by atoms with van der Waals surface area (Å²) in [5.41, 5.74) is 5.44. The number of nitrogens with two attached hydrogens (primary N) is 1. The summed E-state index contributed by atoms with van der Waals surface area (Å²) in [7, 11) is 0. The molecule has 2 atom stereocenters. The van der Waals surface area contributed by atoms with Crippen LogP contribution in [0.1, 0.15) is 33.1 Å². The van der Waals surface area contributed by atoms with Crippen LogP contribution in [0.3, 0.4) is 0 Å². The fourth-order valence-electron chi connectivity index (χ4n) is 0.947. The SMILES string of the molecule is CCC(O)CCNC(=O)CC(C)N. The van der Waals surface area contributed by atoms with Crippen LogP contribution in [-0.2, 0) is 4.79 Å². The van der Waals surface area contributed by atoms with Crippen molar-refractivity contribution in [3.05, 3.63) is 0 Å². The van der Waals surface area contributed by atoms with Crippen LogP contribution < -0.4 is 11.1 Å². The van der Waals surface area contributed by atoms with E-state index in [9.17, 15) is 9.90 Å². The number of aliphatic hydroxyl groups excluding tert-OH is 1. The average Bonchev–Trinajstić information content (AvgIpc) is 2.02. The lowest BCUT2D eigenvalue weighted by molar-refractivity contribution is -0.121. The summed E-state index contributed by atoms with van der Waals surface area (Å²) in [6, 6.07) is -0.101.